The minimum atomic E-state index is 0.170. The van der Waals surface area contributed by atoms with Crippen molar-refractivity contribution in [2.75, 3.05) is 33.3 Å². The largest absolute Gasteiger partial charge is 0.497 e. The molecule has 1 amide bonds. The Bertz CT molecular complexity index is 1020. The Kier molecular flexibility index (Phi) is 6.37. The second-order valence-electron chi connectivity index (χ2n) is 8.07. The van der Waals surface area contributed by atoms with Gasteiger partial charge in [-0.25, -0.2) is 4.98 Å². The number of piperazine rings is 1. The molecule has 6 nitrogen and oxygen atoms in total. The van der Waals surface area contributed by atoms with Gasteiger partial charge in [0.25, 0.3) is 0 Å². The third-order valence-corrected chi connectivity index (χ3v) is 5.80. The van der Waals surface area contributed by atoms with E-state index < -0.39 is 0 Å². The number of hydrogen-bond acceptors (Lipinski definition) is 5. The predicted molar refractivity (Wildman–Crippen MR) is 120 cm³/mol. The molecule has 162 valence electrons. The van der Waals surface area contributed by atoms with Crippen molar-refractivity contribution in [2.24, 2.45) is 0 Å². The third kappa shape index (κ3) is 5.14. The quantitative estimate of drug-likeness (QED) is 0.607. The number of oxazole rings is 1. The highest BCUT2D eigenvalue weighted by Gasteiger charge is 2.23. The molecule has 1 aliphatic rings. The molecule has 1 saturated heterocycles. The SMILES string of the molecule is COc1ccc(CC(=O)N2CCN(Cc3nc(-c4ccc(C)cc4)oc3C)CC2)cc1. The van der Waals surface area contributed by atoms with E-state index in [1.807, 2.05) is 48.2 Å². The van der Waals surface area contributed by atoms with Gasteiger partial charge in [0.2, 0.25) is 11.8 Å². The van der Waals surface area contributed by atoms with Gasteiger partial charge in [-0.3, -0.25) is 9.69 Å². The van der Waals surface area contributed by atoms with Crippen LogP contribution >= 0.6 is 0 Å². The van der Waals surface area contributed by atoms with E-state index in [0.717, 1.165) is 61.1 Å². The van der Waals surface area contributed by atoms with E-state index in [9.17, 15) is 4.79 Å². The normalized spacial score (nSPS) is 14.6. The number of benzene rings is 2. The van der Waals surface area contributed by atoms with E-state index in [1.165, 1.54) is 5.56 Å². The summed E-state index contributed by atoms with van der Waals surface area (Å²) in [6, 6.07) is 15.9. The molecule has 1 aliphatic heterocycles. The molecule has 0 aliphatic carbocycles. The van der Waals surface area contributed by atoms with E-state index in [0.29, 0.717) is 12.3 Å². The molecule has 0 atom stereocenters. The smallest absolute Gasteiger partial charge is 0.227 e. The van der Waals surface area contributed by atoms with Crippen LogP contribution in [0.3, 0.4) is 0 Å². The summed E-state index contributed by atoms with van der Waals surface area (Å²) in [5.41, 5.74) is 4.18. The first kappa shape index (κ1) is 21.1. The molecule has 0 N–H and O–H groups in total. The van der Waals surface area contributed by atoms with Gasteiger partial charge in [0, 0.05) is 38.3 Å². The molecule has 0 saturated carbocycles. The summed E-state index contributed by atoms with van der Waals surface area (Å²) in [5, 5.41) is 0. The minimum Gasteiger partial charge on any atom is -0.497 e. The number of nitrogens with zero attached hydrogens (tertiary/aromatic N) is 3. The summed E-state index contributed by atoms with van der Waals surface area (Å²) in [4.78, 5) is 21.7. The lowest BCUT2D eigenvalue weighted by atomic mass is 10.1. The van der Waals surface area contributed by atoms with Gasteiger partial charge in [-0.2, -0.15) is 0 Å². The molecule has 0 spiro atoms. The average Bonchev–Trinajstić information content (AvgIpc) is 3.15. The van der Waals surface area contributed by atoms with E-state index in [-0.39, 0.29) is 5.91 Å². The lowest BCUT2D eigenvalue weighted by molar-refractivity contribution is -0.132. The Morgan fingerprint density at radius 3 is 2.32 bits per heavy atom. The van der Waals surface area contributed by atoms with Crippen LogP contribution in [0.1, 0.15) is 22.6 Å². The molecule has 6 heteroatoms. The van der Waals surface area contributed by atoms with Crippen molar-refractivity contribution < 1.29 is 13.9 Å². The molecular formula is C25H29N3O3. The maximum atomic E-state index is 12.7. The van der Waals surface area contributed by atoms with Crippen LogP contribution in [0.4, 0.5) is 0 Å². The number of rotatable bonds is 6. The molecule has 0 bridgehead atoms. The van der Waals surface area contributed by atoms with Crippen molar-refractivity contribution in [2.45, 2.75) is 26.8 Å². The Labute approximate surface area is 183 Å². The maximum absolute atomic E-state index is 12.7. The molecular weight excluding hydrogens is 390 g/mol. The highest BCUT2D eigenvalue weighted by molar-refractivity contribution is 5.79. The molecule has 1 aromatic heterocycles. The summed E-state index contributed by atoms with van der Waals surface area (Å²) >= 11 is 0. The van der Waals surface area contributed by atoms with Crippen LogP contribution in [0.15, 0.2) is 52.9 Å². The van der Waals surface area contributed by atoms with Gasteiger partial charge in [0.1, 0.15) is 11.5 Å². The number of amides is 1. The average molecular weight is 420 g/mol. The zero-order valence-corrected chi connectivity index (χ0v) is 18.4. The van der Waals surface area contributed by atoms with Crippen molar-refractivity contribution >= 4 is 5.91 Å². The van der Waals surface area contributed by atoms with Crippen LogP contribution in [0, 0.1) is 13.8 Å². The van der Waals surface area contributed by atoms with Gasteiger partial charge in [-0.15, -0.1) is 0 Å². The number of methoxy groups -OCH3 is 1. The number of hydrogen-bond donors (Lipinski definition) is 0. The zero-order valence-electron chi connectivity index (χ0n) is 18.4. The van der Waals surface area contributed by atoms with E-state index >= 15 is 0 Å². The summed E-state index contributed by atoms with van der Waals surface area (Å²) in [7, 11) is 1.64. The van der Waals surface area contributed by atoms with Gasteiger partial charge >= 0.3 is 0 Å². The van der Waals surface area contributed by atoms with Gasteiger partial charge in [0.05, 0.1) is 19.2 Å². The van der Waals surface area contributed by atoms with Crippen molar-refractivity contribution in [3.8, 4) is 17.2 Å². The lowest BCUT2D eigenvalue weighted by Gasteiger charge is -2.34. The molecule has 2 aromatic carbocycles. The van der Waals surface area contributed by atoms with Crippen LogP contribution in [-0.2, 0) is 17.8 Å². The van der Waals surface area contributed by atoms with Crippen molar-refractivity contribution in [1.29, 1.82) is 0 Å². The lowest BCUT2D eigenvalue weighted by Crippen LogP contribution is -2.48. The Balaban J connectivity index is 1.31. The second kappa shape index (κ2) is 9.35. The molecule has 1 fully saturated rings. The summed E-state index contributed by atoms with van der Waals surface area (Å²) < 4.78 is 11.1. The fourth-order valence-corrected chi connectivity index (χ4v) is 3.79. The van der Waals surface area contributed by atoms with Crippen LogP contribution < -0.4 is 4.74 Å². The number of ether oxygens (including phenoxy) is 1. The summed E-state index contributed by atoms with van der Waals surface area (Å²) in [6.07, 6.45) is 0.423. The standard InChI is InChI=1S/C25H29N3O3/c1-18-4-8-21(9-5-18)25-26-23(19(2)31-25)17-27-12-14-28(15-13-27)24(29)16-20-6-10-22(30-3)11-7-20/h4-11H,12-17H2,1-3H3. The topological polar surface area (TPSA) is 58.8 Å². The van der Waals surface area contributed by atoms with Gasteiger partial charge < -0.3 is 14.1 Å². The van der Waals surface area contributed by atoms with Crippen molar-refractivity contribution in [1.82, 2.24) is 14.8 Å². The maximum Gasteiger partial charge on any atom is 0.227 e. The molecule has 31 heavy (non-hydrogen) atoms. The minimum absolute atomic E-state index is 0.170. The highest BCUT2D eigenvalue weighted by atomic mass is 16.5. The first-order valence-corrected chi connectivity index (χ1v) is 10.7. The van der Waals surface area contributed by atoms with Gasteiger partial charge in [-0.1, -0.05) is 29.8 Å². The van der Waals surface area contributed by atoms with Crippen LogP contribution in [0.5, 0.6) is 5.75 Å². The summed E-state index contributed by atoms with van der Waals surface area (Å²) in [6.45, 7) is 7.90. The predicted octanol–water partition coefficient (Wildman–Crippen LogP) is 3.85. The summed E-state index contributed by atoms with van der Waals surface area (Å²) in [5.74, 6) is 2.50. The van der Waals surface area contributed by atoms with Gasteiger partial charge in [0.15, 0.2) is 0 Å². The van der Waals surface area contributed by atoms with Gasteiger partial charge in [-0.05, 0) is 43.7 Å². The Hall–Kier alpha value is -3.12. The second-order valence-corrected chi connectivity index (χ2v) is 8.07. The zero-order chi connectivity index (χ0) is 21.8. The molecule has 0 radical (unpaired) electrons. The Morgan fingerprint density at radius 2 is 1.68 bits per heavy atom. The molecule has 0 unspecified atom stereocenters. The van der Waals surface area contributed by atoms with Crippen LogP contribution in [0.2, 0.25) is 0 Å². The number of aryl methyl sites for hydroxylation is 2. The first-order valence-electron chi connectivity index (χ1n) is 10.7. The molecule has 2 heterocycles. The van der Waals surface area contributed by atoms with E-state index in [2.05, 4.69) is 24.0 Å². The van der Waals surface area contributed by atoms with Crippen LogP contribution in [0.25, 0.3) is 11.5 Å². The number of carbonyl (C=O) groups is 1. The highest BCUT2D eigenvalue weighted by Crippen LogP contribution is 2.23. The fourth-order valence-electron chi connectivity index (χ4n) is 3.79. The van der Waals surface area contributed by atoms with Crippen molar-refractivity contribution in [3.05, 3.63) is 71.1 Å². The van der Waals surface area contributed by atoms with Crippen LogP contribution in [-0.4, -0.2) is 54.0 Å². The fraction of sp³-hybridized carbons (Fsp3) is 0.360. The van der Waals surface area contributed by atoms with E-state index in [1.54, 1.807) is 7.11 Å². The number of carbonyl (C=O) groups excluding carboxylic acids is 1. The number of aromatic nitrogens is 1. The van der Waals surface area contributed by atoms with E-state index in [4.69, 9.17) is 14.1 Å². The molecule has 4 rings (SSSR count). The Morgan fingerprint density at radius 1 is 1.00 bits per heavy atom. The third-order valence-electron chi connectivity index (χ3n) is 5.80. The first-order chi connectivity index (χ1) is 15.0. The van der Waals surface area contributed by atoms with Crippen molar-refractivity contribution in [3.63, 3.8) is 0 Å². The monoisotopic (exact) mass is 419 g/mol. The molecule has 3 aromatic rings.